The van der Waals surface area contributed by atoms with Crippen LogP contribution in [0.4, 0.5) is 4.79 Å². The molecule has 49 heavy (non-hydrogen) atoms. The van der Waals surface area contributed by atoms with Crippen molar-refractivity contribution in [2.45, 2.75) is 122 Å². The van der Waals surface area contributed by atoms with Gasteiger partial charge in [0.05, 0.1) is 31.4 Å². The van der Waals surface area contributed by atoms with E-state index in [0.29, 0.717) is 0 Å². The molecule has 1 saturated heterocycles. The van der Waals surface area contributed by atoms with E-state index in [1.165, 1.54) is 13.1 Å². The molecule has 0 aromatic carbocycles. The minimum atomic E-state index is -4.73. The molecule has 3 heterocycles. The molecule has 20 heteroatoms. The van der Waals surface area contributed by atoms with E-state index in [9.17, 15) is 32.3 Å². The van der Waals surface area contributed by atoms with Crippen molar-refractivity contribution in [1.29, 1.82) is 0 Å². The first-order valence-electron chi connectivity index (χ1n) is 15.8. The van der Waals surface area contributed by atoms with E-state index < -0.39 is 82.0 Å². The Labute approximate surface area is 289 Å². The van der Waals surface area contributed by atoms with Crippen LogP contribution in [0.3, 0.4) is 0 Å². The smallest absolute Gasteiger partial charge is 0.435 e. The van der Waals surface area contributed by atoms with Gasteiger partial charge in [-0.2, -0.15) is 8.42 Å². The van der Waals surface area contributed by atoms with Gasteiger partial charge in [-0.25, -0.2) is 18.3 Å². The molecule has 0 radical (unpaired) electrons. The highest BCUT2D eigenvalue weighted by Gasteiger charge is 2.67. The molecular formula is C29H52N3O13PSSi2. The van der Waals surface area contributed by atoms with Crippen LogP contribution in [0.2, 0.25) is 36.3 Å². The number of aryl methyl sites for hydroxylation is 1. The fraction of sp³-hybridized carbons (Fsp3) is 0.759. The predicted octanol–water partition coefficient (Wildman–Crippen LogP) is 3.89. The summed E-state index contributed by atoms with van der Waals surface area (Å²) in [5, 5.41) is 0.219. The molecule has 3 N–H and O–H groups in total. The van der Waals surface area contributed by atoms with E-state index in [0.717, 1.165) is 21.7 Å². The Kier molecular flexibility index (Phi) is 11.8. The second kappa shape index (κ2) is 13.9. The van der Waals surface area contributed by atoms with E-state index in [1.807, 2.05) is 67.7 Å². The summed E-state index contributed by atoms with van der Waals surface area (Å²) < 4.78 is 75.0. The van der Waals surface area contributed by atoms with E-state index in [2.05, 4.69) is 4.74 Å². The number of hydrogen-bond acceptors (Lipinski definition) is 13. The SMILES string of the molecule is COC(=O)P(=O)(O)OCCCn1c(=O)c(C)cn([C@@H]2OC(CO[Si](C)(C)C(C)(C)C)C3(OS(=O)(=O)C=C3N)[C@H]2O[Si](C)(C)C(C)(C)C)c1=O. The van der Waals surface area contributed by atoms with Gasteiger partial charge in [-0.05, 0) is 49.6 Å². The van der Waals surface area contributed by atoms with Gasteiger partial charge in [-0.3, -0.25) is 13.9 Å². The monoisotopic (exact) mass is 769 g/mol. The lowest BCUT2D eigenvalue weighted by molar-refractivity contribution is -0.0567. The largest absolute Gasteiger partial charge is 0.460 e. The topological polar surface area (TPSA) is 214 Å². The van der Waals surface area contributed by atoms with Gasteiger partial charge in [-0.1, -0.05) is 41.5 Å². The number of nitrogens with zero attached hydrogens (tertiary/aromatic N) is 2. The van der Waals surface area contributed by atoms with Crippen molar-refractivity contribution in [1.82, 2.24) is 9.13 Å². The number of carbonyl (C=O) groups is 1. The molecule has 0 amide bonds. The Balaban J connectivity index is 2.18. The molecule has 3 rings (SSSR count). The van der Waals surface area contributed by atoms with Crippen molar-refractivity contribution in [3.63, 3.8) is 0 Å². The molecule has 1 fully saturated rings. The number of rotatable bonds is 12. The van der Waals surface area contributed by atoms with Crippen LogP contribution in [0.1, 0.15) is 59.8 Å². The Morgan fingerprint density at radius 3 is 2.16 bits per heavy atom. The third kappa shape index (κ3) is 8.26. The van der Waals surface area contributed by atoms with Crippen LogP contribution in [0.5, 0.6) is 0 Å². The summed E-state index contributed by atoms with van der Waals surface area (Å²) in [5.41, 5.74) is 1.65. The van der Waals surface area contributed by atoms with Gasteiger partial charge in [0.1, 0.15) is 12.2 Å². The summed E-state index contributed by atoms with van der Waals surface area (Å²) in [6, 6.07) is 0. The molecule has 1 spiro atoms. The van der Waals surface area contributed by atoms with E-state index in [1.54, 1.807) is 0 Å². The zero-order valence-electron chi connectivity index (χ0n) is 30.4. The highest BCUT2D eigenvalue weighted by Crippen LogP contribution is 2.52. The van der Waals surface area contributed by atoms with Gasteiger partial charge in [0, 0.05) is 18.3 Å². The van der Waals surface area contributed by atoms with Crippen LogP contribution in [-0.4, -0.2) is 82.9 Å². The maximum absolute atomic E-state index is 14.1. The van der Waals surface area contributed by atoms with Crippen molar-refractivity contribution in [2.24, 2.45) is 5.73 Å². The average Bonchev–Trinajstić information content (AvgIpc) is 3.37. The van der Waals surface area contributed by atoms with Gasteiger partial charge in [-0.15, -0.1) is 0 Å². The Hall–Kier alpha value is -1.94. The number of carbonyl (C=O) groups excluding carboxylic acids is 1. The standard InChI is InChI=1S/C29H52N3O13PSSi2/c1-19-16-32(25(34)31(23(19)33)14-13-15-41-46(36,37)26(35)40-8)24-22(44-49(11,12)28(5,6)7)29(20(30)18-47(38,39)45-29)21(43-24)17-42-48(9,10)27(2,3)4/h16,18,21-22,24H,13-15,17,30H2,1-12H3,(H,36,37)/t21?,22-,24+,29?/m0/s1. The lowest BCUT2D eigenvalue weighted by atomic mass is 9.89. The predicted molar refractivity (Wildman–Crippen MR) is 187 cm³/mol. The summed E-state index contributed by atoms with van der Waals surface area (Å²) in [6.07, 6.45) is -2.60. The van der Waals surface area contributed by atoms with Crippen LogP contribution in [0.15, 0.2) is 26.9 Å². The van der Waals surface area contributed by atoms with Gasteiger partial charge in [0.15, 0.2) is 28.5 Å². The molecule has 0 bridgehead atoms. The molecule has 0 aliphatic carbocycles. The molecule has 16 nitrogen and oxygen atoms in total. The summed E-state index contributed by atoms with van der Waals surface area (Å²) in [5.74, 6) is 0. The van der Waals surface area contributed by atoms with Crippen molar-refractivity contribution in [3.8, 4) is 0 Å². The number of hydrogen-bond donors (Lipinski definition) is 2. The normalized spacial score (nSPS) is 25.7. The fourth-order valence-electron chi connectivity index (χ4n) is 4.93. The lowest BCUT2D eigenvalue weighted by Crippen LogP contribution is -2.59. The molecule has 1 aromatic heterocycles. The van der Waals surface area contributed by atoms with Crippen molar-refractivity contribution >= 4 is 40.1 Å². The average molecular weight is 770 g/mol. The second-order valence-corrected chi connectivity index (χ2v) is 28.1. The van der Waals surface area contributed by atoms with Crippen LogP contribution in [0.25, 0.3) is 0 Å². The van der Waals surface area contributed by atoms with Crippen molar-refractivity contribution < 1.29 is 49.7 Å². The number of methoxy groups -OCH3 is 1. The second-order valence-electron chi connectivity index (χ2n) is 15.5. The first-order chi connectivity index (χ1) is 22.0. The number of ether oxygens (including phenoxy) is 2. The molecule has 1 aromatic rings. The van der Waals surface area contributed by atoms with Crippen molar-refractivity contribution in [3.05, 3.63) is 43.7 Å². The molecule has 280 valence electrons. The minimum Gasteiger partial charge on any atom is -0.460 e. The minimum absolute atomic E-state index is 0.112. The van der Waals surface area contributed by atoms with Gasteiger partial charge in [0.25, 0.3) is 15.7 Å². The first kappa shape index (κ1) is 41.5. The van der Waals surface area contributed by atoms with E-state index in [4.69, 9.17) is 28.0 Å². The highest BCUT2D eigenvalue weighted by atomic mass is 32.2. The molecule has 5 atom stereocenters. The Bertz CT molecular complexity index is 1740. The van der Waals surface area contributed by atoms with Crippen LogP contribution < -0.4 is 17.0 Å². The summed E-state index contributed by atoms with van der Waals surface area (Å²) in [6.45, 7) is 20.7. The van der Waals surface area contributed by atoms with Gasteiger partial charge in [0.2, 0.25) is 0 Å². The zero-order valence-corrected chi connectivity index (χ0v) is 34.1. The summed E-state index contributed by atoms with van der Waals surface area (Å²) >= 11 is 0. The molecule has 3 unspecified atom stereocenters. The van der Waals surface area contributed by atoms with E-state index in [-0.39, 0.29) is 40.9 Å². The summed E-state index contributed by atoms with van der Waals surface area (Å²) in [4.78, 5) is 48.6. The highest BCUT2D eigenvalue weighted by molar-refractivity contribution is 7.90. The maximum Gasteiger partial charge on any atom is 0.435 e. The first-order valence-corrected chi connectivity index (χ1v) is 24.7. The number of nitrogens with two attached hydrogens (primary N) is 1. The summed E-state index contributed by atoms with van der Waals surface area (Å²) in [7, 11) is -13.4. The lowest BCUT2D eigenvalue weighted by Gasteiger charge is -2.43. The number of aromatic nitrogens is 2. The molecular weight excluding hydrogens is 718 g/mol. The van der Waals surface area contributed by atoms with Crippen molar-refractivity contribution in [2.75, 3.05) is 20.3 Å². The molecule has 2 aliphatic heterocycles. The maximum atomic E-state index is 14.1. The molecule has 0 saturated carbocycles. The quantitative estimate of drug-likeness (QED) is 0.134. The van der Waals surface area contributed by atoms with Gasteiger partial charge >= 0.3 is 19.0 Å². The Morgan fingerprint density at radius 1 is 1.10 bits per heavy atom. The van der Waals surface area contributed by atoms with Crippen LogP contribution in [-0.2, 0) is 48.3 Å². The zero-order chi connectivity index (χ0) is 37.8. The third-order valence-corrected chi connectivity index (χ3v) is 21.1. The van der Waals surface area contributed by atoms with Crippen LogP contribution >= 0.6 is 7.60 Å². The molecule has 2 aliphatic rings. The van der Waals surface area contributed by atoms with Crippen LogP contribution in [0, 0.1) is 6.92 Å². The van der Waals surface area contributed by atoms with Gasteiger partial charge < -0.3 is 33.5 Å². The van der Waals surface area contributed by atoms with E-state index >= 15 is 0 Å². The fourth-order valence-corrected chi connectivity index (χ4v) is 9.15. The Morgan fingerprint density at radius 2 is 1.67 bits per heavy atom. The third-order valence-electron chi connectivity index (χ3n) is 9.91.